The number of carbonyl (C=O) groups is 1. The first-order valence-corrected chi connectivity index (χ1v) is 4.77. The van der Waals surface area contributed by atoms with Gasteiger partial charge in [0.25, 0.3) is 0 Å². The van der Waals surface area contributed by atoms with Crippen molar-refractivity contribution in [1.82, 2.24) is 10.2 Å². The van der Waals surface area contributed by atoms with Crippen LogP contribution in [0.3, 0.4) is 0 Å². The molecule has 0 spiro atoms. The van der Waals surface area contributed by atoms with Crippen molar-refractivity contribution in [3.05, 3.63) is 0 Å². The fourth-order valence-corrected chi connectivity index (χ4v) is 1.64. The fraction of sp³-hybridized carbons (Fsp3) is 0.889. The normalized spacial score (nSPS) is 26.2. The van der Waals surface area contributed by atoms with E-state index in [4.69, 9.17) is 5.11 Å². The minimum absolute atomic E-state index is 0.436. The molecule has 0 aromatic heterocycles. The molecule has 4 heteroatoms. The van der Waals surface area contributed by atoms with Crippen LogP contribution in [0.1, 0.15) is 19.8 Å². The molecule has 0 amide bonds. The van der Waals surface area contributed by atoms with E-state index in [1.807, 2.05) is 0 Å². The molecule has 0 bridgehead atoms. The molecule has 1 fully saturated rings. The van der Waals surface area contributed by atoms with E-state index in [0.717, 1.165) is 13.1 Å². The average Bonchev–Trinajstić information content (AvgIpc) is 2.47. The molecule has 2 unspecified atom stereocenters. The maximum Gasteiger partial charge on any atom is 0.320 e. The maximum atomic E-state index is 10.5. The van der Waals surface area contributed by atoms with Crippen LogP contribution in [0.25, 0.3) is 0 Å². The van der Waals surface area contributed by atoms with E-state index in [-0.39, 0.29) is 0 Å². The van der Waals surface area contributed by atoms with Gasteiger partial charge in [0, 0.05) is 12.6 Å². The lowest BCUT2D eigenvalue weighted by Gasteiger charge is -2.20. The van der Waals surface area contributed by atoms with Crippen LogP contribution < -0.4 is 5.32 Å². The molecule has 0 aliphatic carbocycles. The zero-order valence-electron chi connectivity index (χ0n) is 8.29. The summed E-state index contributed by atoms with van der Waals surface area (Å²) in [6, 6.07) is 0.0794. The quantitative estimate of drug-likeness (QED) is 0.656. The Bertz CT molecular complexity index is 184. The second kappa shape index (κ2) is 4.58. The summed E-state index contributed by atoms with van der Waals surface area (Å²) in [5.41, 5.74) is 0. The highest BCUT2D eigenvalue weighted by Crippen LogP contribution is 2.13. The van der Waals surface area contributed by atoms with Gasteiger partial charge in [0.15, 0.2) is 0 Å². The minimum Gasteiger partial charge on any atom is -0.480 e. The molecule has 1 aliphatic rings. The highest BCUT2D eigenvalue weighted by Gasteiger charge is 2.21. The summed E-state index contributed by atoms with van der Waals surface area (Å²) in [5, 5.41) is 11.7. The van der Waals surface area contributed by atoms with Crippen LogP contribution in [0.15, 0.2) is 0 Å². The molecule has 13 heavy (non-hydrogen) atoms. The standard InChI is InChI=1S/C9H18N2O2/c1-7(9(12)13)10-6-8-4-3-5-11(8)2/h7-8,10H,3-6H2,1-2H3,(H,12,13). The molecule has 76 valence electrons. The van der Waals surface area contributed by atoms with Gasteiger partial charge in [0.05, 0.1) is 0 Å². The van der Waals surface area contributed by atoms with Gasteiger partial charge in [-0.25, -0.2) is 0 Å². The average molecular weight is 186 g/mol. The van der Waals surface area contributed by atoms with Gasteiger partial charge in [0.1, 0.15) is 6.04 Å². The van der Waals surface area contributed by atoms with E-state index in [1.54, 1.807) is 6.92 Å². The summed E-state index contributed by atoms with van der Waals surface area (Å²) >= 11 is 0. The number of nitrogens with one attached hydrogen (secondary N) is 1. The van der Waals surface area contributed by atoms with Gasteiger partial charge in [-0.15, -0.1) is 0 Å². The third-order valence-electron chi connectivity index (χ3n) is 2.70. The number of rotatable bonds is 4. The Kier molecular flexibility index (Phi) is 3.69. The highest BCUT2D eigenvalue weighted by molar-refractivity contribution is 5.72. The number of carboxylic acid groups (broad SMARTS) is 1. The van der Waals surface area contributed by atoms with E-state index in [0.29, 0.717) is 6.04 Å². The number of hydrogen-bond acceptors (Lipinski definition) is 3. The van der Waals surface area contributed by atoms with E-state index in [2.05, 4.69) is 17.3 Å². The molecule has 4 nitrogen and oxygen atoms in total. The third-order valence-corrected chi connectivity index (χ3v) is 2.70. The smallest absolute Gasteiger partial charge is 0.320 e. The van der Waals surface area contributed by atoms with Gasteiger partial charge in [-0.1, -0.05) is 0 Å². The molecule has 0 saturated carbocycles. The molecular formula is C9H18N2O2. The number of aliphatic carboxylic acids is 1. The Morgan fingerprint density at radius 2 is 2.46 bits per heavy atom. The van der Waals surface area contributed by atoms with Gasteiger partial charge in [-0.2, -0.15) is 0 Å². The van der Waals surface area contributed by atoms with Crippen LogP contribution in [-0.4, -0.2) is 48.2 Å². The van der Waals surface area contributed by atoms with Gasteiger partial charge < -0.3 is 15.3 Å². The zero-order valence-corrected chi connectivity index (χ0v) is 8.29. The molecule has 0 aromatic rings. The lowest BCUT2D eigenvalue weighted by Crippen LogP contribution is -2.42. The first-order chi connectivity index (χ1) is 6.11. The molecule has 0 radical (unpaired) electrons. The number of likely N-dealkylation sites (N-methyl/N-ethyl adjacent to an activating group) is 1. The Hall–Kier alpha value is -0.610. The Morgan fingerprint density at radius 1 is 1.77 bits per heavy atom. The van der Waals surface area contributed by atoms with Crippen molar-refractivity contribution in [1.29, 1.82) is 0 Å². The summed E-state index contributed by atoms with van der Waals surface area (Å²) < 4.78 is 0. The van der Waals surface area contributed by atoms with Crippen molar-refractivity contribution >= 4 is 5.97 Å². The van der Waals surface area contributed by atoms with E-state index >= 15 is 0 Å². The third kappa shape index (κ3) is 2.97. The molecular weight excluding hydrogens is 168 g/mol. The lowest BCUT2D eigenvalue weighted by molar-refractivity contribution is -0.139. The zero-order chi connectivity index (χ0) is 9.84. The molecule has 1 heterocycles. The highest BCUT2D eigenvalue weighted by atomic mass is 16.4. The summed E-state index contributed by atoms with van der Waals surface area (Å²) in [4.78, 5) is 12.8. The topological polar surface area (TPSA) is 52.6 Å². The van der Waals surface area contributed by atoms with Crippen LogP contribution in [0.4, 0.5) is 0 Å². The van der Waals surface area contributed by atoms with Gasteiger partial charge in [-0.3, -0.25) is 4.79 Å². The van der Waals surface area contributed by atoms with Crippen molar-refractivity contribution in [2.24, 2.45) is 0 Å². The molecule has 1 saturated heterocycles. The van der Waals surface area contributed by atoms with E-state index in [1.165, 1.54) is 12.8 Å². The van der Waals surface area contributed by atoms with Crippen molar-refractivity contribution in [3.63, 3.8) is 0 Å². The first-order valence-electron chi connectivity index (χ1n) is 4.77. The van der Waals surface area contributed by atoms with Gasteiger partial charge >= 0.3 is 5.97 Å². The minimum atomic E-state index is -0.777. The van der Waals surface area contributed by atoms with Crippen LogP contribution in [0.2, 0.25) is 0 Å². The number of likely N-dealkylation sites (tertiary alicyclic amines) is 1. The first kappa shape index (κ1) is 10.5. The lowest BCUT2D eigenvalue weighted by atomic mass is 10.2. The van der Waals surface area contributed by atoms with E-state index < -0.39 is 12.0 Å². The summed E-state index contributed by atoms with van der Waals surface area (Å²) in [6.45, 7) is 3.59. The van der Waals surface area contributed by atoms with Crippen LogP contribution >= 0.6 is 0 Å². The van der Waals surface area contributed by atoms with Crippen molar-refractivity contribution in [2.45, 2.75) is 31.8 Å². The number of nitrogens with zero attached hydrogens (tertiary/aromatic N) is 1. The Balaban J connectivity index is 2.22. The second-order valence-electron chi connectivity index (χ2n) is 3.74. The molecule has 2 N–H and O–H groups in total. The number of carboxylic acids is 1. The largest absolute Gasteiger partial charge is 0.480 e. The van der Waals surface area contributed by atoms with Crippen molar-refractivity contribution in [2.75, 3.05) is 20.1 Å². The molecule has 0 aromatic carbocycles. The van der Waals surface area contributed by atoms with Crippen LogP contribution in [0.5, 0.6) is 0 Å². The summed E-state index contributed by atoms with van der Waals surface area (Å²) in [7, 11) is 2.09. The SMILES string of the molecule is CC(NCC1CCCN1C)C(=O)O. The Labute approximate surface area is 78.9 Å². The Morgan fingerprint density at radius 3 is 2.92 bits per heavy atom. The monoisotopic (exact) mass is 186 g/mol. The fourth-order valence-electron chi connectivity index (χ4n) is 1.64. The predicted octanol–water partition coefficient (Wildman–Crippen LogP) is 0.143. The van der Waals surface area contributed by atoms with Crippen LogP contribution in [-0.2, 0) is 4.79 Å². The summed E-state index contributed by atoms with van der Waals surface area (Å²) in [6.07, 6.45) is 2.40. The molecule has 2 atom stereocenters. The predicted molar refractivity (Wildman–Crippen MR) is 50.8 cm³/mol. The van der Waals surface area contributed by atoms with Crippen molar-refractivity contribution in [3.8, 4) is 0 Å². The van der Waals surface area contributed by atoms with Crippen LogP contribution in [0, 0.1) is 0 Å². The number of hydrogen-bond donors (Lipinski definition) is 2. The van der Waals surface area contributed by atoms with Gasteiger partial charge in [-0.05, 0) is 33.4 Å². The molecule has 1 rings (SSSR count). The second-order valence-corrected chi connectivity index (χ2v) is 3.74. The van der Waals surface area contributed by atoms with Gasteiger partial charge in [0.2, 0.25) is 0 Å². The van der Waals surface area contributed by atoms with Crippen molar-refractivity contribution < 1.29 is 9.90 Å². The summed E-state index contributed by atoms with van der Waals surface area (Å²) in [5.74, 6) is -0.777. The maximum absolute atomic E-state index is 10.5. The molecule has 1 aliphatic heterocycles. The van der Waals surface area contributed by atoms with E-state index in [9.17, 15) is 4.79 Å².